The van der Waals surface area contributed by atoms with Gasteiger partial charge in [-0.1, -0.05) is 102 Å². The average Bonchev–Trinajstić information content (AvgIpc) is 1.37. The molecular weight excluding hydrogens is 1320 g/mol. The van der Waals surface area contributed by atoms with Gasteiger partial charge in [0.25, 0.3) is 0 Å². The van der Waals surface area contributed by atoms with Gasteiger partial charge in [0.1, 0.15) is 47.8 Å². The monoisotopic (exact) mass is 1420 g/mol. The fourth-order valence-corrected chi connectivity index (χ4v) is 15.8. The Morgan fingerprint density at radius 2 is 1.25 bits per heavy atom. The number of alkyl halides is 3. The molecule has 12 amide bonds. The molecule has 100 heavy (non-hydrogen) atoms. The van der Waals surface area contributed by atoms with E-state index in [-0.39, 0.29) is 57.4 Å². The zero-order chi connectivity index (χ0) is 73.5. The van der Waals surface area contributed by atoms with Gasteiger partial charge in [-0.3, -0.25) is 57.5 Å². The number of halogens is 4. The summed E-state index contributed by atoms with van der Waals surface area (Å²) in [5.41, 5.74) is -2.36. The molecule has 7 rings (SSSR count). The summed E-state index contributed by atoms with van der Waals surface area (Å²) in [7, 11) is 9.80. The third-order valence-electron chi connectivity index (χ3n) is 22.0. The van der Waals surface area contributed by atoms with Gasteiger partial charge >= 0.3 is 6.18 Å². The minimum Gasteiger partial charge on any atom is -0.343 e. The van der Waals surface area contributed by atoms with E-state index in [1.165, 1.54) is 75.0 Å². The van der Waals surface area contributed by atoms with Crippen molar-refractivity contribution in [2.45, 2.75) is 228 Å². The highest BCUT2D eigenvalue weighted by Crippen LogP contribution is 2.38. The van der Waals surface area contributed by atoms with Crippen molar-refractivity contribution in [1.82, 2.24) is 60.0 Å². The summed E-state index contributed by atoms with van der Waals surface area (Å²) in [6, 6.07) is -5.89. The van der Waals surface area contributed by atoms with Crippen LogP contribution in [0.3, 0.4) is 0 Å². The van der Waals surface area contributed by atoms with Crippen LogP contribution in [0.15, 0.2) is 18.2 Å². The first-order chi connectivity index (χ1) is 47.3. The maximum Gasteiger partial charge on any atom is 0.417 e. The van der Waals surface area contributed by atoms with Crippen LogP contribution in [0.25, 0.3) is 0 Å². The van der Waals surface area contributed by atoms with Crippen LogP contribution in [-0.2, 0) is 70.1 Å². The highest BCUT2D eigenvalue weighted by molar-refractivity contribution is 6.31. The molecule has 3 saturated heterocycles. The van der Waals surface area contributed by atoms with Crippen LogP contribution in [0.4, 0.5) is 13.2 Å². The zero-order valence-corrected chi connectivity index (χ0v) is 60.7. The Balaban J connectivity index is 1.28. The minimum absolute atomic E-state index is 0.0117. The molecule has 1 unspecified atom stereocenters. The lowest BCUT2D eigenvalue weighted by molar-refractivity contribution is -0.157. The molecule has 3 N–H and O–H groups in total. The average molecular weight is 1420 g/mol. The second-order valence-corrected chi connectivity index (χ2v) is 29.4. The topological polar surface area (TPSA) is 270 Å². The lowest BCUT2D eigenvalue weighted by atomic mass is 9.81. The smallest absolute Gasteiger partial charge is 0.343 e. The molecule has 3 aliphatic heterocycles. The Bertz CT molecular complexity index is 3180. The van der Waals surface area contributed by atoms with Gasteiger partial charge in [-0.15, -0.1) is 12.3 Å². The first-order valence-corrected chi connectivity index (χ1v) is 36.3. The predicted molar refractivity (Wildman–Crippen MR) is 368 cm³/mol. The molecule has 24 nitrogen and oxygen atoms in total. The second kappa shape index (κ2) is 35.9. The summed E-state index contributed by atoms with van der Waals surface area (Å²) in [6.07, 6.45) is 12.2. The van der Waals surface area contributed by atoms with Crippen LogP contribution >= 0.6 is 11.6 Å². The van der Waals surface area contributed by atoms with Crippen LogP contribution in [0.5, 0.6) is 0 Å². The van der Waals surface area contributed by atoms with E-state index < -0.39 is 173 Å². The maximum atomic E-state index is 15.8. The summed E-state index contributed by atoms with van der Waals surface area (Å²) in [5.74, 6) is -6.55. The van der Waals surface area contributed by atoms with E-state index in [0.29, 0.717) is 70.0 Å². The zero-order valence-electron chi connectivity index (χ0n) is 59.9. The van der Waals surface area contributed by atoms with Gasteiger partial charge in [-0.05, 0) is 112 Å². The molecule has 6 aliphatic rings. The number of terminal acetylenes is 1. The number of rotatable bonds is 10. The predicted octanol–water partition coefficient (Wildman–Crippen LogP) is 5.40. The molecule has 6 fully saturated rings. The fraction of sp³-hybridized carbons (Fsp3) is 0.722. The molecule has 1 aromatic carbocycles. The van der Waals surface area contributed by atoms with Crippen LogP contribution in [0.1, 0.15) is 179 Å². The number of carbonyl (C=O) groups excluding carboxylic acids is 12. The van der Waals surface area contributed by atoms with E-state index in [0.717, 1.165) is 89.5 Å². The quantitative estimate of drug-likeness (QED) is 0.249. The first kappa shape index (κ1) is 79.8. The summed E-state index contributed by atoms with van der Waals surface area (Å²) in [4.78, 5) is 190. The summed E-state index contributed by atoms with van der Waals surface area (Å²) in [5, 5.41) is 8.05. The molecule has 0 bridgehead atoms. The lowest BCUT2D eigenvalue weighted by Crippen LogP contribution is -2.65. The van der Waals surface area contributed by atoms with Crippen molar-refractivity contribution in [1.29, 1.82) is 0 Å². The molecule has 3 heterocycles. The number of nitrogens with one attached hydrogen (secondary N) is 3. The number of benzene rings is 1. The standard InChI is InChI=1S/C72H106ClF3N12O12/c1-11-25-53-63(93)78-61(46(3)12-2)68(98)82(6)44-59(91)80(4)45-60(92)84(8)55(41-47-26-16-13-17-27-47)66(96)81(5)43-57(89)77-52(34-32-48-31-33-50(51(73)40-48)72(74,75)76)65(95)88-39-24-30-54(88)64(94)79-71(35-20-21-36-71)70(100)86(10)62(49-28-18-14-19-29-49)69(99)85(9)56(42-58(90)83(53)7)67(97)87-37-22-15-23-38-87/h1,31,33,40,46-47,49,52-56,61-62H,12-30,32,34-39,41-45H2,2-10H3,(H,77,89)(H,78,93)(H,79,94)/t46-,52-,53-,54?,55-,56-,61-,62-/m0/s1. The van der Waals surface area contributed by atoms with E-state index in [1.807, 2.05) is 0 Å². The maximum absolute atomic E-state index is 15.8. The number of amides is 12. The van der Waals surface area contributed by atoms with Gasteiger partial charge in [0.15, 0.2) is 0 Å². The van der Waals surface area contributed by atoms with Crippen molar-refractivity contribution in [3.8, 4) is 12.3 Å². The van der Waals surface area contributed by atoms with E-state index in [1.54, 1.807) is 18.7 Å². The Hall–Kier alpha value is -7.50. The summed E-state index contributed by atoms with van der Waals surface area (Å²) in [6.45, 7) is 2.54. The number of nitrogens with zero attached hydrogens (tertiary/aromatic N) is 9. The van der Waals surface area contributed by atoms with Crippen molar-refractivity contribution < 1.29 is 70.7 Å². The molecule has 1 aromatic rings. The Kier molecular flexibility index (Phi) is 28.6. The Morgan fingerprint density at radius 3 is 1.86 bits per heavy atom. The largest absolute Gasteiger partial charge is 0.417 e. The molecule has 28 heteroatoms. The number of likely N-dealkylation sites (tertiary alicyclic amines) is 1. The van der Waals surface area contributed by atoms with E-state index >= 15 is 24.0 Å². The second-order valence-electron chi connectivity index (χ2n) is 29.0. The number of hydrogen-bond acceptors (Lipinski definition) is 12. The molecule has 3 saturated carbocycles. The van der Waals surface area contributed by atoms with E-state index in [2.05, 4.69) is 21.9 Å². The van der Waals surface area contributed by atoms with E-state index in [9.17, 15) is 46.7 Å². The SMILES string of the molecule is C#CC[C@H]1C(=O)N[C@@H]([C@@H](C)CC)C(=O)N(C)CC(=O)N(C)CC(=O)N(C)[C@@H](CC2CCCCC2)C(=O)N(C)CC(=O)N[C@@H](CCc2ccc(C(F)(F)F)c(Cl)c2)C(=O)N2CCCC2C(=O)NC2(CCCC2)C(=O)N(C)[C@@H](C2CCCCC2)C(=O)N(C)[C@H](C(=O)N2CCCCC2)CC(=O)N1C. The Labute approximate surface area is 592 Å². The van der Waals surface area contributed by atoms with Crippen molar-refractivity contribution in [2.24, 2.45) is 17.8 Å². The third-order valence-corrected chi connectivity index (χ3v) is 22.3. The van der Waals surface area contributed by atoms with Crippen LogP contribution < -0.4 is 16.0 Å². The van der Waals surface area contributed by atoms with Gasteiger partial charge in [-0.2, -0.15) is 13.2 Å². The number of hydrogen-bond donors (Lipinski definition) is 3. The molecule has 554 valence electrons. The molecule has 3 aliphatic carbocycles. The van der Waals surface area contributed by atoms with Crippen molar-refractivity contribution >= 4 is 82.5 Å². The highest BCUT2D eigenvalue weighted by Gasteiger charge is 2.51. The highest BCUT2D eigenvalue weighted by atomic mass is 35.5. The van der Waals surface area contributed by atoms with Crippen LogP contribution in [0, 0.1) is 30.1 Å². The van der Waals surface area contributed by atoms with Crippen molar-refractivity contribution in [3.05, 3.63) is 34.3 Å². The fourth-order valence-electron chi connectivity index (χ4n) is 15.5. The van der Waals surface area contributed by atoms with Crippen LogP contribution in [0.2, 0.25) is 5.02 Å². The summed E-state index contributed by atoms with van der Waals surface area (Å²) >= 11 is 6.16. The lowest BCUT2D eigenvalue weighted by Gasteiger charge is -2.43. The number of piperidine rings is 1. The number of likely N-dealkylation sites (N-methyl/N-ethyl adjacent to an activating group) is 7. The van der Waals surface area contributed by atoms with Gasteiger partial charge < -0.3 is 60.0 Å². The normalized spacial score (nSPS) is 26.8. The molecule has 1 spiro atoms. The first-order valence-electron chi connectivity index (χ1n) is 35.9. The minimum atomic E-state index is -4.76. The van der Waals surface area contributed by atoms with Crippen molar-refractivity contribution in [2.75, 3.05) is 88.6 Å². The number of aryl methyl sites for hydroxylation is 1. The van der Waals surface area contributed by atoms with Gasteiger partial charge in [0.05, 0.1) is 36.6 Å². The molecule has 0 radical (unpaired) electrons. The third kappa shape index (κ3) is 19.8. The van der Waals surface area contributed by atoms with Gasteiger partial charge in [0.2, 0.25) is 70.9 Å². The number of fused-ring (bicyclic) bond motifs is 1. The molecular formula is C72H106ClF3N12O12. The number of carbonyl (C=O) groups is 12. The van der Waals surface area contributed by atoms with E-state index in [4.69, 9.17) is 18.0 Å². The van der Waals surface area contributed by atoms with Gasteiger partial charge in [-0.25, -0.2) is 0 Å². The van der Waals surface area contributed by atoms with Gasteiger partial charge in [0, 0.05) is 75.4 Å². The summed E-state index contributed by atoms with van der Waals surface area (Å²) < 4.78 is 41.6. The molecule has 8 atom stereocenters. The van der Waals surface area contributed by atoms with Crippen molar-refractivity contribution in [3.63, 3.8) is 0 Å². The Morgan fingerprint density at radius 1 is 0.650 bits per heavy atom. The van der Waals surface area contributed by atoms with Crippen LogP contribution in [-0.4, -0.2) is 251 Å². The molecule has 0 aromatic heterocycles.